The summed E-state index contributed by atoms with van der Waals surface area (Å²) in [5.74, 6) is 1.21. The average molecular weight is 289 g/mol. The first-order valence-corrected chi connectivity index (χ1v) is 7.59. The van der Waals surface area contributed by atoms with Gasteiger partial charge in [0, 0.05) is 32.0 Å². The lowest BCUT2D eigenvalue weighted by atomic mass is 9.94. The first-order valence-electron chi connectivity index (χ1n) is 7.59. The second kappa shape index (κ2) is 7.36. The molecule has 1 aliphatic rings. The lowest BCUT2D eigenvalue weighted by molar-refractivity contribution is -0.126. The number of piperidine rings is 1. The molecule has 1 aliphatic heterocycles. The van der Waals surface area contributed by atoms with Gasteiger partial charge in [0.2, 0.25) is 0 Å². The molecule has 0 aromatic heterocycles. The quantitative estimate of drug-likeness (QED) is 0.755. The SMILES string of the molecule is CCC1CN(CCOc2ccccc2C(C)=O)CCC1=O. The van der Waals surface area contributed by atoms with Gasteiger partial charge in [-0.3, -0.25) is 14.5 Å². The number of ether oxygens (including phenoxy) is 1. The Bertz CT molecular complexity index is 513. The molecule has 0 amide bonds. The van der Waals surface area contributed by atoms with Gasteiger partial charge in [-0.1, -0.05) is 19.1 Å². The van der Waals surface area contributed by atoms with Crippen molar-refractivity contribution in [2.75, 3.05) is 26.2 Å². The Morgan fingerprint density at radius 2 is 2.14 bits per heavy atom. The lowest BCUT2D eigenvalue weighted by Gasteiger charge is -2.31. The van der Waals surface area contributed by atoms with E-state index in [1.807, 2.05) is 18.2 Å². The van der Waals surface area contributed by atoms with Crippen LogP contribution in [0.25, 0.3) is 0 Å². The Morgan fingerprint density at radius 1 is 1.38 bits per heavy atom. The highest BCUT2D eigenvalue weighted by atomic mass is 16.5. The van der Waals surface area contributed by atoms with Crippen LogP contribution in [0.5, 0.6) is 5.75 Å². The molecule has 0 radical (unpaired) electrons. The van der Waals surface area contributed by atoms with Gasteiger partial charge in [0.15, 0.2) is 5.78 Å². The normalized spacial score (nSPS) is 19.5. The monoisotopic (exact) mass is 289 g/mol. The maximum Gasteiger partial charge on any atom is 0.163 e. The summed E-state index contributed by atoms with van der Waals surface area (Å²) in [6, 6.07) is 7.32. The van der Waals surface area contributed by atoms with E-state index in [0.29, 0.717) is 30.1 Å². The van der Waals surface area contributed by atoms with Crippen molar-refractivity contribution in [3.8, 4) is 5.75 Å². The van der Waals surface area contributed by atoms with Crippen LogP contribution in [0.2, 0.25) is 0 Å². The van der Waals surface area contributed by atoms with Gasteiger partial charge in [-0.2, -0.15) is 0 Å². The van der Waals surface area contributed by atoms with Gasteiger partial charge in [0.1, 0.15) is 18.1 Å². The number of carbonyl (C=O) groups excluding carboxylic acids is 2. The fourth-order valence-corrected chi connectivity index (χ4v) is 2.71. The Labute approximate surface area is 126 Å². The summed E-state index contributed by atoms with van der Waals surface area (Å²) in [5, 5.41) is 0. The van der Waals surface area contributed by atoms with Crippen LogP contribution in [0.4, 0.5) is 0 Å². The fraction of sp³-hybridized carbons (Fsp3) is 0.529. The van der Waals surface area contributed by atoms with Crippen LogP contribution >= 0.6 is 0 Å². The highest BCUT2D eigenvalue weighted by Gasteiger charge is 2.25. The van der Waals surface area contributed by atoms with Crippen molar-refractivity contribution in [3.05, 3.63) is 29.8 Å². The van der Waals surface area contributed by atoms with E-state index in [1.165, 1.54) is 0 Å². The van der Waals surface area contributed by atoms with Gasteiger partial charge in [0.05, 0.1) is 5.56 Å². The summed E-state index contributed by atoms with van der Waals surface area (Å²) in [7, 11) is 0. The van der Waals surface area contributed by atoms with E-state index in [9.17, 15) is 9.59 Å². The molecule has 0 N–H and O–H groups in total. The molecular formula is C17H23NO3. The Morgan fingerprint density at radius 3 is 2.86 bits per heavy atom. The van der Waals surface area contributed by atoms with Crippen LogP contribution < -0.4 is 4.74 Å². The zero-order chi connectivity index (χ0) is 15.2. The molecule has 0 bridgehead atoms. The van der Waals surface area contributed by atoms with E-state index in [0.717, 1.165) is 26.1 Å². The molecule has 2 rings (SSSR count). The molecule has 1 aromatic carbocycles. The van der Waals surface area contributed by atoms with Crippen molar-refractivity contribution in [3.63, 3.8) is 0 Å². The van der Waals surface area contributed by atoms with Crippen molar-refractivity contribution in [2.24, 2.45) is 5.92 Å². The highest BCUT2D eigenvalue weighted by molar-refractivity contribution is 5.96. The predicted octanol–water partition coefficient (Wildman–Crippen LogP) is 2.57. The van der Waals surface area contributed by atoms with E-state index in [4.69, 9.17) is 4.74 Å². The topological polar surface area (TPSA) is 46.6 Å². The predicted molar refractivity (Wildman–Crippen MR) is 81.8 cm³/mol. The number of carbonyl (C=O) groups is 2. The van der Waals surface area contributed by atoms with Gasteiger partial charge in [-0.05, 0) is 25.5 Å². The highest BCUT2D eigenvalue weighted by Crippen LogP contribution is 2.19. The molecule has 21 heavy (non-hydrogen) atoms. The van der Waals surface area contributed by atoms with Gasteiger partial charge in [0.25, 0.3) is 0 Å². The van der Waals surface area contributed by atoms with Crippen molar-refractivity contribution >= 4 is 11.6 Å². The van der Waals surface area contributed by atoms with Crippen LogP contribution in [0.1, 0.15) is 37.0 Å². The molecule has 0 aliphatic carbocycles. The smallest absolute Gasteiger partial charge is 0.163 e. The Balaban J connectivity index is 1.85. The summed E-state index contributed by atoms with van der Waals surface area (Å²) in [6.45, 7) is 6.57. The third-order valence-electron chi connectivity index (χ3n) is 4.03. The molecular weight excluding hydrogens is 266 g/mol. The number of benzene rings is 1. The van der Waals surface area contributed by atoms with E-state index in [2.05, 4.69) is 11.8 Å². The maximum atomic E-state index is 11.7. The van der Waals surface area contributed by atoms with Crippen molar-refractivity contribution in [2.45, 2.75) is 26.7 Å². The van der Waals surface area contributed by atoms with Gasteiger partial charge in [-0.15, -0.1) is 0 Å². The van der Waals surface area contributed by atoms with E-state index in [1.54, 1.807) is 13.0 Å². The molecule has 0 spiro atoms. The summed E-state index contributed by atoms with van der Waals surface area (Å²) >= 11 is 0. The number of ketones is 2. The molecule has 114 valence electrons. The number of nitrogens with zero attached hydrogens (tertiary/aromatic N) is 1. The summed E-state index contributed by atoms with van der Waals surface area (Å²) in [5.41, 5.74) is 0.623. The summed E-state index contributed by atoms with van der Waals surface area (Å²) < 4.78 is 5.75. The third-order valence-corrected chi connectivity index (χ3v) is 4.03. The second-order valence-electron chi connectivity index (χ2n) is 5.52. The first-order chi connectivity index (χ1) is 10.1. The van der Waals surface area contributed by atoms with Gasteiger partial charge < -0.3 is 4.74 Å². The standard InChI is InChI=1S/C17H23NO3/c1-3-14-12-18(9-8-16(14)20)10-11-21-17-7-5-4-6-15(17)13(2)19/h4-7,14H,3,8-12H2,1-2H3. The number of rotatable bonds is 6. The molecule has 1 aromatic rings. The van der Waals surface area contributed by atoms with Crippen LogP contribution in [0, 0.1) is 5.92 Å². The Hall–Kier alpha value is -1.68. The van der Waals surface area contributed by atoms with Crippen LogP contribution in [0.3, 0.4) is 0 Å². The maximum absolute atomic E-state index is 11.7. The minimum atomic E-state index is 0.0141. The van der Waals surface area contributed by atoms with Crippen LogP contribution in [-0.4, -0.2) is 42.7 Å². The van der Waals surface area contributed by atoms with Crippen LogP contribution in [0.15, 0.2) is 24.3 Å². The summed E-state index contributed by atoms with van der Waals surface area (Å²) in [6.07, 6.45) is 1.55. The van der Waals surface area contributed by atoms with Crippen molar-refractivity contribution in [1.29, 1.82) is 0 Å². The molecule has 4 heteroatoms. The zero-order valence-corrected chi connectivity index (χ0v) is 12.8. The second-order valence-corrected chi connectivity index (χ2v) is 5.52. The van der Waals surface area contributed by atoms with Gasteiger partial charge >= 0.3 is 0 Å². The fourth-order valence-electron chi connectivity index (χ4n) is 2.71. The lowest BCUT2D eigenvalue weighted by Crippen LogP contribution is -2.42. The number of likely N-dealkylation sites (tertiary alicyclic amines) is 1. The molecule has 1 heterocycles. The van der Waals surface area contributed by atoms with Crippen LogP contribution in [-0.2, 0) is 4.79 Å². The molecule has 1 unspecified atom stereocenters. The van der Waals surface area contributed by atoms with E-state index in [-0.39, 0.29) is 11.7 Å². The number of para-hydroxylation sites is 1. The van der Waals surface area contributed by atoms with Gasteiger partial charge in [-0.25, -0.2) is 0 Å². The van der Waals surface area contributed by atoms with E-state index < -0.39 is 0 Å². The minimum absolute atomic E-state index is 0.0141. The minimum Gasteiger partial charge on any atom is -0.491 e. The molecule has 1 fully saturated rings. The van der Waals surface area contributed by atoms with E-state index >= 15 is 0 Å². The molecule has 0 saturated carbocycles. The average Bonchev–Trinajstić information content (AvgIpc) is 2.49. The van der Waals surface area contributed by atoms with Crippen molar-refractivity contribution < 1.29 is 14.3 Å². The molecule has 4 nitrogen and oxygen atoms in total. The summed E-state index contributed by atoms with van der Waals surface area (Å²) in [4.78, 5) is 25.5. The molecule has 1 atom stereocenters. The number of Topliss-reactive ketones (excluding diaryl/α,β-unsaturated/α-hetero) is 2. The number of hydrogen-bond acceptors (Lipinski definition) is 4. The zero-order valence-electron chi connectivity index (χ0n) is 12.8. The third kappa shape index (κ3) is 4.14. The largest absolute Gasteiger partial charge is 0.491 e. The Kier molecular flexibility index (Phi) is 5.51. The first kappa shape index (κ1) is 15.7. The number of hydrogen-bond donors (Lipinski definition) is 0. The van der Waals surface area contributed by atoms with Crippen molar-refractivity contribution in [1.82, 2.24) is 4.90 Å². The molecule has 1 saturated heterocycles.